The predicted molar refractivity (Wildman–Crippen MR) is 51.1 cm³/mol. The van der Waals surface area contributed by atoms with Crippen LogP contribution >= 0.6 is 27.7 Å². The van der Waals surface area contributed by atoms with Crippen LogP contribution in [0.5, 0.6) is 0 Å². The summed E-state index contributed by atoms with van der Waals surface area (Å²) >= 11 is 10.9. The van der Waals surface area contributed by atoms with Gasteiger partial charge in [0.25, 0.3) is 0 Å². The Morgan fingerprint density at radius 2 is 0.867 bits per heavy atom. The zero-order valence-electron chi connectivity index (χ0n) is 6.62. The number of hydrogen-bond donors (Lipinski definition) is 0. The molecule has 11 heteroatoms. The molecule has 0 spiro atoms. The van der Waals surface area contributed by atoms with Gasteiger partial charge in [0.1, 0.15) is 0 Å². The first kappa shape index (κ1) is 13.5. The first-order chi connectivity index (χ1) is 6.80. The molecule has 0 rings (SSSR count). The molecular weight excluding hydrogens is 270 g/mol. The van der Waals surface area contributed by atoms with E-state index >= 15 is 0 Å². The predicted octanol–water partition coefficient (Wildman–Crippen LogP) is 1.39. The van der Waals surface area contributed by atoms with E-state index < -0.39 is 5.25 Å². The van der Waals surface area contributed by atoms with Gasteiger partial charge in [-0.15, -0.1) is 0 Å². The molecule has 0 aromatic heterocycles. The molecule has 0 N–H and O–H groups in total. The van der Waals surface area contributed by atoms with E-state index in [0.717, 1.165) is 24.3 Å². The Kier molecular flexibility index (Phi) is 3.24. The standard InChI is InChI=1S/C4Cl2N4O4P/c5-15(6,7-1-11,8-2-12,9-3-13)10-4-14/q-1. The number of hydrogen-bond acceptors (Lipinski definition) is 8. The Morgan fingerprint density at radius 3 is 1.00 bits per heavy atom. The van der Waals surface area contributed by atoms with Gasteiger partial charge in [0.05, 0.1) is 0 Å². The molecule has 8 nitrogen and oxygen atoms in total. The minimum absolute atomic E-state index is 0.798. The average Bonchev–Trinajstić information content (AvgIpc) is 2.04. The first-order valence-corrected chi connectivity index (χ1v) is 7.15. The molecule has 0 aliphatic heterocycles. The number of halogens is 2. The average molecular weight is 270 g/mol. The van der Waals surface area contributed by atoms with Crippen LogP contribution in [0.3, 0.4) is 0 Å². The van der Waals surface area contributed by atoms with Gasteiger partial charge in [-0.25, -0.2) is 0 Å². The van der Waals surface area contributed by atoms with Gasteiger partial charge in [-0.1, -0.05) is 0 Å². The van der Waals surface area contributed by atoms with Crippen LogP contribution in [-0.4, -0.2) is 24.3 Å². The first-order valence-electron chi connectivity index (χ1n) is 2.85. The van der Waals surface area contributed by atoms with E-state index in [2.05, 4.69) is 19.1 Å². The van der Waals surface area contributed by atoms with Crippen LogP contribution in [-0.2, 0) is 19.2 Å². The fourth-order valence-corrected chi connectivity index (χ4v) is 2.17. The Hall–Kier alpha value is -1.47. The van der Waals surface area contributed by atoms with Crippen LogP contribution in [0.2, 0.25) is 0 Å². The van der Waals surface area contributed by atoms with E-state index in [4.69, 9.17) is 22.5 Å². The molecule has 0 saturated heterocycles. The van der Waals surface area contributed by atoms with Gasteiger partial charge in [-0.3, -0.25) is 0 Å². The van der Waals surface area contributed by atoms with E-state index in [0.29, 0.717) is 0 Å². The molecule has 0 saturated carbocycles. The zero-order valence-corrected chi connectivity index (χ0v) is 9.03. The number of carbonyl (C=O) groups excluding carboxylic acids is 4. The molecule has 0 heterocycles. The zero-order chi connectivity index (χ0) is 12.1. The summed E-state index contributed by atoms with van der Waals surface area (Å²) in [4.78, 5) is 40.2. The molecule has 0 aliphatic carbocycles. The van der Waals surface area contributed by atoms with Crippen LogP contribution < -0.4 is 0 Å². The summed E-state index contributed by atoms with van der Waals surface area (Å²) in [6.07, 6.45) is 3.19. The molecule has 0 bridgehead atoms. The molecular formula is C4Cl2N4O4P-. The number of nitrogens with zero attached hydrogens (tertiary/aromatic N) is 4. The van der Waals surface area contributed by atoms with E-state index in [1.165, 1.54) is 0 Å². The van der Waals surface area contributed by atoms with Crippen molar-refractivity contribution >= 4 is 52.1 Å². The fourth-order valence-electron chi connectivity index (χ4n) is 0.477. The quantitative estimate of drug-likeness (QED) is 0.435. The van der Waals surface area contributed by atoms with Gasteiger partial charge in [-0.2, -0.15) is 0 Å². The van der Waals surface area contributed by atoms with Gasteiger partial charge >= 0.3 is 90.3 Å². The molecule has 0 fully saturated rings. The SMILES string of the molecule is O=C=N[P-](Cl)(Cl)(N=C=O)(N=C=O)N=C=O. The fraction of sp³-hybridized carbons (Fsp3) is 0. The molecule has 0 atom stereocenters. The third kappa shape index (κ3) is 2.74. The van der Waals surface area contributed by atoms with Crippen LogP contribution in [0.1, 0.15) is 0 Å². The van der Waals surface area contributed by atoms with Gasteiger partial charge in [0, 0.05) is 0 Å². The second kappa shape index (κ2) is 3.59. The minimum atomic E-state index is -6.20. The van der Waals surface area contributed by atoms with E-state index in [1.54, 1.807) is 0 Å². The van der Waals surface area contributed by atoms with Gasteiger partial charge in [0.2, 0.25) is 0 Å². The van der Waals surface area contributed by atoms with Crippen molar-refractivity contribution in [3.8, 4) is 0 Å². The maximum atomic E-state index is 10.1. The number of rotatable bonds is 4. The molecule has 0 radical (unpaired) electrons. The van der Waals surface area contributed by atoms with Gasteiger partial charge in [-0.05, 0) is 0 Å². The molecule has 0 aliphatic rings. The van der Waals surface area contributed by atoms with E-state index in [9.17, 15) is 19.2 Å². The Balaban J connectivity index is 6.67. The second-order valence-corrected chi connectivity index (χ2v) is 10.3. The number of isocyanates is 4. The van der Waals surface area contributed by atoms with Crippen LogP contribution in [0.25, 0.3) is 0 Å². The Morgan fingerprint density at radius 1 is 0.667 bits per heavy atom. The van der Waals surface area contributed by atoms with Crippen molar-refractivity contribution in [1.82, 2.24) is 0 Å². The molecule has 80 valence electrons. The van der Waals surface area contributed by atoms with Crippen molar-refractivity contribution in [3.05, 3.63) is 0 Å². The van der Waals surface area contributed by atoms with E-state index in [-0.39, 0.29) is 0 Å². The second-order valence-electron chi connectivity index (χ2n) is 1.97. The topological polar surface area (TPSA) is 118 Å². The third-order valence-corrected chi connectivity index (χ3v) is 4.82. The summed E-state index contributed by atoms with van der Waals surface area (Å²) in [6.45, 7) is 0. The van der Waals surface area contributed by atoms with Crippen LogP contribution in [0, 0.1) is 0 Å². The molecule has 15 heavy (non-hydrogen) atoms. The summed E-state index contributed by atoms with van der Waals surface area (Å²) < 4.78 is 10.7. The maximum absolute atomic E-state index is 10.1. The summed E-state index contributed by atoms with van der Waals surface area (Å²) in [5.74, 6) is 0. The molecule has 0 unspecified atom stereocenters. The molecule has 0 amide bonds. The Bertz CT molecular complexity index is 411. The van der Waals surface area contributed by atoms with Crippen molar-refractivity contribution < 1.29 is 19.2 Å². The Labute approximate surface area is 90.7 Å². The monoisotopic (exact) mass is 269 g/mol. The third-order valence-electron chi connectivity index (χ3n) is 1.00. The van der Waals surface area contributed by atoms with Gasteiger partial charge < -0.3 is 0 Å². The van der Waals surface area contributed by atoms with Crippen LogP contribution in [0.4, 0.5) is 0 Å². The van der Waals surface area contributed by atoms with Crippen molar-refractivity contribution in [3.63, 3.8) is 0 Å². The van der Waals surface area contributed by atoms with Gasteiger partial charge in [0.15, 0.2) is 0 Å². The summed E-state index contributed by atoms with van der Waals surface area (Å²) in [7, 11) is 0. The summed E-state index contributed by atoms with van der Waals surface area (Å²) in [5.41, 5.74) is 0. The summed E-state index contributed by atoms with van der Waals surface area (Å²) in [5, 5.41) is -6.20. The van der Waals surface area contributed by atoms with Crippen molar-refractivity contribution in [2.75, 3.05) is 0 Å². The molecule has 0 aromatic rings. The van der Waals surface area contributed by atoms with Crippen molar-refractivity contribution in [1.29, 1.82) is 0 Å². The summed E-state index contributed by atoms with van der Waals surface area (Å²) in [6, 6.07) is 0. The molecule has 0 aromatic carbocycles. The van der Waals surface area contributed by atoms with Crippen LogP contribution in [0.15, 0.2) is 19.1 Å². The normalized spacial score (nSPS) is 13.7. The van der Waals surface area contributed by atoms with Crippen molar-refractivity contribution in [2.45, 2.75) is 0 Å². The van der Waals surface area contributed by atoms with Crippen molar-refractivity contribution in [2.24, 2.45) is 19.1 Å². The van der Waals surface area contributed by atoms with E-state index in [1.807, 2.05) is 0 Å².